The smallest absolute Gasteiger partial charge is 0.228 e. The Bertz CT molecular complexity index is 714. The number of carbonyl (C=O) groups excluding carboxylic acids is 1. The van der Waals surface area contributed by atoms with E-state index in [0.717, 1.165) is 36.6 Å². The van der Waals surface area contributed by atoms with Gasteiger partial charge in [0.25, 0.3) is 0 Å². The lowest BCUT2D eigenvalue weighted by atomic mass is 9.98. The van der Waals surface area contributed by atoms with Crippen molar-refractivity contribution in [3.05, 3.63) is 52.0 Å². The Morgan fingerprint density at radius 1 is 1.25 bits per heavy atom. The summed E-state index contributed by atoms with van der Waals surface area (Å²) in [6.45, 7) is 1.73. The van der Waals surface area contributed by atoms with Crippen LogP contribution in [0.15, 0.2) is 35.7 Å². The normalized spacial score (nSPS) is 25.9. The first-order valence-electron chi connectivity index (χ1n) is 8.69. The van der Waals surface area contributed by atoms with E-state index >= 15 is 0 Å². The predicted octanol–water partition coefficient (Wildman–Crippen LogP) is 2.47. The summed E-state index contributed by atoms with van der Waals surface area (Å²) < 4.78 is 0. The molecule has 1 saturated heterocycles. The molecule has 2 heterocycles. The minimum absolute atomic E-state index is 0.202. The molecule has 1 saturated carbocycles. The maximum Gasteiger partial charge on any atom is 0.228 e. The number of fused-ring (bicyclic) bond motifs is 1. The number of aromatic nitrogens is 1. The number of benzene rings is 1. The van der Waals surface area contributed by atoms with Crippen LogP contribution in [0.1, 0.15) is 29.1 Å². The van der Waals surface area contributed by atoms with E-state index in [4.69, 9.17) is 5.73 Å². The van der Waals surface area contributed by atoms with E-state index in [1.165, 1.54) is 12.0 Å². The average molecular weight is 341 g/mol. The Hall–Kier alpha value is -1.72. The third-order valence-electron chi connectivity index (χ3n) is 5.39. The van der Waals surface area contributed by atoms with Gasteiger partial charge in [-0.2, -0.15) is 0 Å². The second-order valence-electron chi connectivity index (χ2n) is 7.04. The number of hydrogen-bond donors (Lipinski definition) is 1. The van der Waals surface area contributed by atoms with Crippen molar-refractivity contribution >= 4 is 17.2 Å². The van der Waals surface area contributed by atoms with Crippen LogP contribution in [0, 0.1) is 11.8 Å². The van der Waals surface area contributed by atoms with Gasteiger partial charge in [0.05, 0.1) is 17.1 Å². The highest BCUT2D eigenvalue weighted by Gasteiger charge is 2.42. The van der Waals surface area contributed by atoms with Crippen molar-refractivity contribution in [2.75, 3.05) is 13.1 Å². The van der Waals surface area contributed by atoms with Gasteiger partial charge in [-0.05, 0) is 30.2 Å². The molecule has 1 aromatic heterocycles. The molecule has 1 aliphatic carbocycles. The van der Waals surface area contributed by atoms with Crippen LogP contribution < -0.4 is 5.73 Å². The second kappa shape index (κ2) is 6.65. The van der Waals surface area contributed by atoms with Crippen LogP contribution in [0.2, 0.25) is 0 Å². The molecule has 0 spiro atoms. The molecular weight excluding hydrogens is 318 g/mol. The largest absolute Gasteiger partial charge is 0.342 e. The highest BCUT2D eigenvalue weighted by molar-refractivity contribution is 7.09. The second-order valence-corrected chi connectivity index (χ2v) is 7.98. The number of nitrogens with two attached hydrogens (primary N) is 1. The van der Waals surface area contributed by atoms with Gasteiger partial charge in [0.1, 0.15) is 0 Å². The Kier molecular flexibility index (Phi) is 4.37. The molecule has 24 heavy (non-hydrogen) atoms. The fraction of sp³-hybridized carbons (Fsp3) is 0.474. The van der Waals surface area contributed by atoms with Crippen molar-refractivity contribution in [3.63, 3.8) is 0 Å². The SMILES string of the molecule is NC1CCC2CN(C(=O)Cc3csc(Cc4ccccc4)n3)CC12. The van der Waals surface area contributed by atoms with Gasteiger partial charge >= 0.3 is 0 Å². The molecule has 2 N–H and O–H groups in total. The molecule has 1 aromatic carbocycles. The molecule has 1 amide bonds. The zero-order chi connectivity index (χ0) is 16.5. The summed E-state index contributed by atoms with van der Waals surface area (Å²) >= 11 is 1.64. The summed E-state index contributed by atoms with van der Waals surface area (Å²) in [6.07, 6.45) is 3.54. The Morgan fingerprint density at radius 3 is 2.88 bits per heavy atom. The minimum atomic E-state index is 0.202. The minimum Gasteiger partial charge on any atom is -0.342 e. The summed E-state index contributed by atoms with van der Waals surface area (Å²) in [5.74, 6) is 1.33. The van der Waals surface area contributed by atoms with Gasteiger partial charge < -0.3 is 10.6 Å². The van der Waals surface area contributed by atoms with Gasteiger partial charge in [-0.15, -0.1) is 11.3 Å². The van der Waals surface area contributed by atoms with Crippen LogP contribution >= 0.6 is 11.3 Å². The topological polar surface area (TPSA) is 59.2 Å². The highest BCUT2D eigenvalue weighted by Crippen LogP contribution is 2.37. The third-order valence-corrected chi connectivity index (χ3v) is 6.29. The zero-order valence-electron chi connectivity index (χ0n) is 13.7. The van der Waals surface area contributed by atoms with Gasteiger partial charge in [-0.25, -0.2) is 4.98 Å². The molecule has 2 fully saturated rings. The van der Waals surface area contributed by atoms with Crippen molar-refractivity contribution < 1.29 is 4.79 Å². The predicted molar refractivity (Wildman–Crippen MR) is 95.8 cm³/mol. The average Bonchev–Trinajstić information content (AvgIpc) is 3.27. The first kappa shape index (κ1) is 15.8. The number of rotatable bonds is 4. The van der Waals surface area contributed by atoms with E-state index < -0.39 is 0 Å². The summed E-state index contributed by atoms with van der Waals surface area (Å²) in [5, 5.41) is 3.10. The number of thiazole rings is 1. The van der Waals surface area contributed by atoms with Crippen molar-refractivity contribution in [2.45, 2.75) is 31.7 Å². The van der Waals surface area contributed by atoms with Gasteiger partial charge in [-0.3, -0.25) is 4.79 Å². The zero-order valence-corrected chi connectivity index (χ0v) is 14.5. The fourth-order valence-corrected chi connectivity index (χ4v) is 4.89. The Morgan fingerprint density at radius 2 is 2.08 bits per heavy atom. The molecule has 126 valence electrons. The van der Waals surface area contributed by atoms with Crippen LogP contribution in [-0.2, 0) is 17.6 Å². The van der Waals surface area contributed by atoms with Crippen LogP contribution in [0.5, 0.6) is 0 Å². The standard InChI is InChI=1S/C19H23N3OS/c20-17-7-6-14-10-22(11-16(14)17)19(23)9-15-12-24-18(21-15)8-13-4-2-1-3-5-13/h1-5,12,14,16-17H,6-11,20H2. The lowest BCUT2D eigenvalue weighted by Crippen LogP contribution is -2.34. The van der Waals surface area contributed by atoms with Crippen molar-refractivity contribution in [1.82, 2.24) is 9.88 Å². The van der Waals surface area contributed by atoms with Crippen LogP contribution in [0.3, 0.4) is 0 Å². The first-order chi connectivity index (χ1) is 11.7. The van der Waals surface area contributed by atoms with Crippen LogP contribution in [-0.4, -0.2) is 34.9 Å². The number of hydrogen-bond acceptors (Lipinski definition) is 4. The molecule has 2 aromatic rings. The molecule has 3 atom stereocenters. The number of carbonyl (C=O) groups is 1. The van der Waals surface area contributed by atoms with Gasteiger partial charge in [0, 0.05) is 30.9 Å². The molecule has 3 unspecified atom stereocenters. The molecule has 2 aliphatic rings. The summed E-state index contributed by atoms with van der Waals surface area (Å²) in [5.41, 5.74) is 8.32. The molecule has 0 bridgehead atoms. The first-order valence-corrected chi connectivity index (χ1v) is 9.57. The summed E-state index contributed by atoms with van der Waals surface area (Å²) in [6, 6.07) is 10.6. The number of amides is 1. The monoisotopic (exact) mass is 341 g/mol. The Labute approximate surface area is 146 Å². The maximum absolute atomic E-state index is 12.6. The third kappa shape index (κ3) is 3.23. The molecule has 5 heteroatoms. The van der Waals surface area contributed by atoms with Crippen LogP contribution in [0.25, 0.3) is 0 Å². The summed E-state index contributed by atoms with van der Waals surface area (Å²) in [7, 11) is 0. The van der Waals surface area contributed by atoms with Gasteiger partial charge in [0.2, 0.25) is 5.91 Å². The molecule has 4 nitrogen and oxygen atoms in total. The molecule has 0 radical (unpaired) electrons. The quantitative estimate of drug-likeness (QED) is 0.929. The van der Waals surface area contributed by atoms with E-state index in [2.05, 4.69) is 17.1 Å². The van der Waals surface area contributed by atoms with E-state index in [0.29, 0.717) is 18.3 Å². The maximum atomic E-state index is 12.6. The fourth-order valence-electron chi connectivity index (χ4n) is 4.06. The number of nitrogens with zero attached hydrogens (tertiary/aromatic N) is 2. The van der Waals surface area contributed by atoms with Crippen molar-refractivity contribution in [1.29, 1.82) is 0 Å². The van der Waals surface area contributed by atoms with Crippen molar-refractivity contribution in [3.8, 4) is 0 Å². The van der Waals surface area contributed by atoms with E-state index in [-0.39, 0.29) is 11.9 Å². The van der Waals surface area contributed by atoms with Gasteiger partial charge in [-0.1, -0.05) is 30.3 Å². The number of likely N-dealkylation sites (tertiary alicyclic amines) is 1. The van der Waals surface area contributed by atoms with E-state index in [9.17, 15) is 4.79 Å². The highest BCUT2D eigenvalue weighted by atomic mass is 32.1. The molecule has 1 aliphatic heterocycles. The molecule has 4 rings (SSSR count). The van der Waals surface area contributed by atoms with E-state index in [1.807, 2.05) is 28.5 Å². The Balaban J connectivity index is 1.35. The van der Waals surface area contributed by atoms with E-state index in [1.54, 1.807) is 11.3 Å². The lowest BCUT2D eigenvalue weighted by Gasteiger charge is -2.18. The van der Waals surface area contributed by atoms with Crippen molar-refractivity contribution in [2.24, 2.45) is 17.6 Å². The van der Waals surface area contributed by atoms with Crippen LogP contribution in [0.4, 0.5) is 0 Å². The summed E-state index contributed by atoms with van der Waals surface area (Å²) in [4.78, 5) is 19.2. The van der Waals surface area contributed by atoms with Gasteiger partial charge in [0.15, 0.2) is 0 Å². The lowest BCUT2D eigenvalue weighted by molar-refractivity contribution is -0.129. The molecular formula is C19H23N3OS.